The summed E-state index contributed by atoms with van der Waals surface area (Å²) in [7, 11) is 0. The van der Waals surface area contributed by atoms with Gasteiger partial charge in [-0.15, -0.1) is 10.2 Å². The van der Waals surface area contributed by atoms with Crippen molar-refractivity contribution in [3.05, 3.63) is 88.8 Å². The van der Waals surface area contributed by atoms with E-state index < -0.39 is 10.9 Å². The average molecular weight is 407 g/mol. The van der Waals surface area contributed by atoms with Crippen molar-refractivity contribution in [2.24, 2.45) is 0 Å². The molecule has 152 valence electrons. The van der Waals surface area contributed by atoms with Crippen LogP contribution < -0.4 is 4.74 Å². The molecule has 0 amide bonds. The first kappa shape index (κ1) is 20.5. The number of nitro benzene ring substituents is 1. The number of carbonyl (C=O) groups is 1. The topological polar surface area (TPSA) is 118 Å². The zero-order valence-electron chi connectivity index (χ0n) is 15.8. The summed E-state index contributed by atoms with van der Waals surface area (Å²) in [4.78, 5) is 22.1. The maximum absolute atomic E-state index is 11.9. The van der Waals surface area contributed by atoms with E-state index in [0.29, 0.717) is 17.9 Å². The van der Waals surface area contributed by atoms with Crippen LogP contribution in [0.25, 0.3) is 17.5 Å². The lowest BCUT2D eigenvalue weighted by atomic mass is 10.2. The fourth-order valence-corrected chi connectivity index (χ4v) is 2.33. The first-order chi connectivity index (χ1) is 14.5. The number of nitro groups is 1. The summed E-state index contributed by atoms with van der Waals surface area (Å²) < 4.78 is 15.9. The summed E-state index contributed by atoms with van der Waals surface area (Å²) in [6.45, 7) is 3.80. The summed E-state index contributed by atoms with van der Waals surface area (Å²) in [5.74, 6) is 0.408. The van der Waals surface area contributed by atoms with Crippen LogP contribution in [-0.2, 0) is 16.1 Å². The number of esters is 1. The highest BCUT2D eigenvalue weighted by Gasteiger charge is 2.12. The maximum Gasteiger partial charge on any atom is 0.331 e. The molecule has 9 heteroatoms. The fourth-order valence-electron chi connectivity index (χ4n) is 2.33. The van der Waals surface area contributed by atoms with E-state index in [1.54, 1.807) is 36.4 Å². The van der Waals surface area contributed by atoms with Gasteiger partial charge in [-0.1, -0.05) is 24.8 Å². The number of hydrogen-bond acceptors (Lipinski definition) is 8. The largest absolute Gasteiger partial charge is 0.490 e. The van der Waals surface area contributed by atoms with E-state index in [2.05, 4.69) is 16.8 Å². The van der Waals surface area contributed by atoms with E-state index in [1.165, 1.54) is 30.3 Å². The van der Waals surface area contributed by atoms with Crippen molar-refractivity contribution in [1.29, 1.82) is 0 Å². The van der Waals surface area contributed by atoms with Crippen molar-refractivity contribution >= 4 is 17.7 Å². The Kier molecular flexibility index (Phi) is 6.67. The maximum atomic E-state index is 11.9. The van der Waals surface area contributed by atoms with Crippen molar-refractivity contribution in [2.45, 2.75) is 6.61 Å². The van der Waals surface area contributed by atoms with E-state index in [9.17, 15) is 14.9 Å². The Hall–Kier alpha value is -4.27. The van der Waals surface area contributed by atoms with Gasteiger partial charge < -0.3 is 13.9 Å². The van der Waals surface area contributed by atoms with Crippen molar-refractivity contribution < 1.29 is 23.6 Å². The van der Waals surface area contributed by atoms with Gasteiger partial charge in [0.2, 0.25) is 5.89 Å². The van der Waals surface area contributed by atoms with Crippen LogP contribution in [0.1, 0.15) is 11.5 Å². The van der Waals surface area contributed by atoms with Crippen LogP contribution in [0.5, 0.6) is 5.75 Å². The standard InChI is InChI=1S/C21H17N3O6/c1-2-13-28-18-10-3-15(4-11-18)5-12-20(25)29-14-19-22-23-21(30-19)16-6-8-17(9-7-16)24(26)27/h2-12H,1,13-14H2. The summed E-state index contributed by atoms with van der Waals surface area (Å²) in [5.41, 5.74) is 1.28. The molecule has 0 N–H and O–H groups in total. The Morgan fingerprint density at radius 1 is 1.13 bits per heavy atom. The van der Waals surface area contributed by atoms with Crippen LogP contribution in [0.3, 0.4) is 0 Å². The lowest BCUT2D eigenvalue weighted by molar-refractivity contribution is -0.384. The Morgan fingerprint density at radius 3 is 2.53 bits per heavy atom. The van der Waals surface area contributed by atoms with Gasteiger partial charge >= 0.3 is 5.97 Å². The van der Waals surface area contributed by atoms with Gasteiger partial charge in [0.1, 0.15) is 12.4 Å². The lowest BCUT2D eigenvalue weighted by Crippen LogP contribution is -2.00. The average Bonchev–Trinajstić information content (AvgIpc) is 3.24. The Balaban J connectivity index is 1.52. The molecule has 0 fully saturated rings. The van der Waals surface area contributed by atoms with Crippen LogP contribution in [-0.4, -0.2) is 27.7 Å². The molecule has 0 aliphatic rings. The molecule has 0 aliphatic carbocycles. The third-order valence-corrected chi connectivity index (χ3v) is 3.79. The fraction of sp³-hybridized carbons (Fsp3) is 0.0952. The summed E-state index contributed by atoms with van der Waals surface area (Å²) >= 11 is 0. The smallest absolute Gasteiger partial charge is 0.331 e. The van der Waals surface area contributed by atoms with Crippen molar-refractivity contribution in [3.8, 4) is 17.2 Å². The molecular weight excluding hydrogens is 390 g/mol. The van der Waals surface area contributed by atoms with Crippen LogP contribution >= 0.6 is 0 Å². The molecule has 0 saturated heterocycles. The minimum Gasteiger partial charge on any atom is -0.490 e. The predicted octanol–water partition coefficient (Wildman–Crippen LogP) is 3.97. The molecule has 30 heavy (non-hydrogen) atoms. The Labute approximate surface area is 171 Å². The minimum atomic E-state index is -0.572. The number of hydrogen-bond donors (Lipinski definition) is 0. The molecule has 1 heterocycles. The van der Waals surface area contributed by atoms with E-state index in [4.69, 9.17) is 13.9 Å². The van der Waals surface area contributed by atoms with E-state index >= 15 is 0 Å². The molecular formula is C21H17N3O6. The minimum absolute atomic E-state index is 0.0434. The first-order valence-corrected chi connectivity index (χ1v) is 8.81. The molecule has 0 radical (unpaired) electrons. The molecule has 3 rings (SSSR count). The highest BCUT2D eigenvalue weighted by atomic mass is 16.6. The molecule has 0 bridgehead atoms. The van der Waals surface area contributed by atoms with E-state index in [-0.39, 0.29) is 24.1 Å². The summed E-state index contributed by atoms with van der Waals surface area (Å²) in [6.07, 6.45) is 4.55. The normalized spacial score (nSPS) is 10.7. The monoisotopic (exact) mass is 407 g/mol. The second-order valence-corrected chi connectivity index (χ2v) is 5.91. The first-order valence-electron chi connectivity index (χ1n) is 8.81. The summed E-state index contributed by atoms with van der Waals surface area (Å²) in [6, 6.07) is 12.8. The SMILES string of the molecule is C=CCOc1ccc(C=CC(=O)OCc2nnc(-c3ccc([N+](=O)[O-])cc3)o2)cc1. The third kappa shape index (κ3) is 5.61. The van der Waals surface area contributed by atoms with Crippen molar-refractivity contribution in [2.75, 3.05) is 6.61 Å². The lowest BCUT2D eigenvalue weighted by Gasteiger charge is -2.02. The quantitative estimate of drug-likeness (QED) is 0.172. The van der Waals surface area contributed by atoms with Gasteiger partial charge in [0.05, 0.1) is 4.92 Å². The van der Waals surface area contributed by atoms with E-state index in [0.717, 1.165) is 5.56 Å². The van der Waals surface area contributed by atoms with Crippen molar-refractivity contribution in [3.63, 3.8) is 0 Å². The van der Waals surface area contributed by atoms with E-state index in [1.807, 2.05) is 0 Å². The number of benzene rings is 2. The molecule has 0 atom stereocenters. The molecule has 0 spiro atoms. The zero-order valence-corrected chi connectivity index (χ0v) is 15.8. The molecule has 1 aromatic heterocycles. The van der Waals surface area contributed by atoms with Crippen molar-refractivity contribution in [1.82, 2.24) is 10.2 Å². The summed E-state index contributed by atoms with van der Waals surface area (Å²) in [5, 5.41) is 18.3. The third-order valence-electron chi connectivity index (χ3n) is 3.79. The molecule has 9 nitrogen and oxygen atoms in total. The number of carbonyl (C=O) groups excluding carboxylic acids is 1. The molecule has 2 aromatic carbocycles. The number of ether oxygens (including phenoxy) is 2. The van der Waals surface area contributed by atoms with Gasteiger partial charge in [0.25, 0.3) is 11.6 Å². The second kappa shape index (κ2) is 9.78. The second-order valence-electron chi connectivity index (χ2n) is 5.91. The molecule has 3 aromatic rings. The number of non-ortho nitro benzene ring substituents is 1. The van der Waals surface area contributed by atoms with Gasteiger partial charge in [0, 0.05) is 23.8 Å². The van der Waals surface area contributed by atoms with Gasteiger partial charge in [-0.05, 0) is 35.9 Å². The predicted molar refractivity (Wildman–Crippen MR) is 107 cm³/mol. The van der Waals surface area contributed by atoms with Gasteiger partial charge in [-0.3, -0.25) is 10.1 Å². The number of rotatable bonds is 9. The van der Waals surface area contributed by atoms with Gasteiger partial charge in [-0.2, -0.15) is 0 Å². The Bertz CT molecular complexity index is 1060. The highest BCUT2D eigenvalue weighted by Crippen LogP contribution is 2.21. The van der Waals surface area contributed by atoms with Gasteiger partial charge in [-0.25, -0.2) is 4.79 Å². The number of aromatic nitrogens is 2. The van der Waals surface area contributed by atoms with Crippen LogP contribution in [0.2, 0.25) is 0 Å². The highest BCUT2D eigenvalue weighted by molar-refractivity contribution is 5.87. The van der Waals surface area contributed by atoms with Crippen LogP contribution in [0.15, 0.2) is 71.7 Å². The molecule has 0 aliphatic heterocycles. The Morgan fingerprint density at radius 2 is 1.87 bits per heavy atom. The molecule has 0 unspecified atom stereocenters. The van der Waals surface area contributed by atoms with Crippen LogP contribution in [0, 0.1) is 10.1 Å². The zero-order chi connectivity index (χ0) is 21.3. The number of nitrogens with zero attached hydrogens (tertiary/aromatic N) is 3. The van der Waals surface area contributed by atoms with Crippen LogP contribution in [0.4, 0.5) is 5.69 Å². The molecule has 0 saturated carbocycles. The van der Waals surface area contributed by atoms with Gasteiger partial charge in [0.15, 0.2) is 6.61 Å².